The first kappa shape index (κ1) is 27.7. The maximum atomic E-state index is 14.1. The van der Waals surface area contributed by atoms with E-state index >= 15 is 0 Å². The van der Waals surface area contributed by atoms with Gasteiger partial charge < -0.3 is 9.47 Å². The van der Waals surface area contributed by atoms with Gasteiger partial charge in [0.25, 0.3) is 0 Å². The Labute approximate surface area is 204 Å². The lowest BCUT2D eigenvalue weighted by molar-refractivity contribution is -0.138. The van der Waals surface area contributed by atoms with Gasteiger partial charge in [-0.25, -0.2) is 14.4 Å². The molecule has 1 aromatic carbocycles. The second kappa shape index (κ2) is 16.2. The standard InChI is InChI=1S/C28H41FN2O3/c1-4-6-8-9-10-12-14-24(29)21-33-26-19-30-27(31-20-26)23-15-17-25(18-16-23)34-28(32)22(3)13-11-7-5-2/h15-20,22,24H,4-14,21H2,1-3H3. The van der Waals surface area contributed by atoms with Crippen LogP contribution < -0.4 is 9.47 Å². The number of nitrogens with zero attached hydrogens (tertiary/aromatic N) is 2. The molecule has 2 aromatic rings. The van der Waals surface area contributed by atoms with Crippen molar-refractivity contribution in [1.29, 1.82) is 0 Å². The van der Waals surface area contributed by atoms with Crippen LogP contribution in [0.3, 0.4) is 0 Å². The zero-order chi connectivity index (χ0) is 24.6. The predicted octanol–water partition coefficient (Wildman–Crippen LogP) is 7.73. The molecule has 0 saturated heterocycles. The summed E-state index contributed by atoms with van der Waals surface area (Å²) in [5.74, 6) is 1.18. The van der Waals surface area contributed by atoms with Crippen molar-refractivity contribution in [3.05, 3.63) is 36.7 Å². The van der Waals surface area contributed by atoms with Crippen LogP contribution in [0.5, 0.6) is 11.5 Å². The molecule has 6 heteroatoms. The van der Waals surface area contributed by atoms with Crippen molar-refractivity contribution in [2.24, 2.45) is 5.92 Å². The van der Waals surface area contributed by atoms with E-state index in [2.05, 4.69) is 23.8 Å². The van der Waals surface area contributed by atoms with Gasteiger partial charge in [-0.3, -0.25) is 4.79 Å². The summed E-state index contributed by atoms with van der Waals surface area (Å²) in [7, 11) is 0. The van der Waals surface area contributed by atoms with E-state index in [0.717, 1.165) is 44.1 Å². The van der Waals surface area contributed by atoms with E-state index in [0.29, 0.717) is 23.7 Å². The Bertz CT molecular complexity index is 811. The van der Waals surface area contributed by atoms with Gasteiger partial charge in [-0.15, -0.1) is 0 Å². The number of halogens is 1. The summed E-state index contributed by atoms with van der Waals surface area (Å²) in [5.41, 5.74) is 0.800. The van der Waals surface area contributed by atoms with Crippen LogP contribution in [-0.2, 0) is 4.79 Å². The molecule has 0 saturated carbocycles. The smallest absolute Gasteiger partial charge is 0.314 e. The van der Waals surface area contributed by atoms with E-state index < -0.39 is 6.17 Å². The molecule has 0 aliphatic heterocycles. The largest absolute Gasteiger partial charge is 0.487 e. The Morgan fingerprint density at radius 1 is 0.853 bits per heavy atom. The second-order valence-corrected chi connectivity index (χ2v) is 9.05. The fraction of sp³-hybridized carbons (Fsp3) is 0.607. The fourth-order valence-corrected chi connectivity index (χ4v) is 3.66. The molecule has 0 aliphatic rings. The number of ether oxygens (including phenoxy) is 2. The van der Waals surface area contributed by atoms with Crippen molar-refractivity contribution < 1.29 is 18.7 Å². The summed E-state index contributed by atoms with van der Waals surface area (Å²) >= 11 is 0. The average Bonchev–Trinajstić information content (AvgIpc) is 2.85. The molecule has 0 bridgehead atoms. The molecule has 0 spiro atoms. The van der Waals surface area contributed by atoms with Gasteiger partial charge in [-0.2, -0.15) is 0 Å². The van der Waals surface area contributed by atoms with E-state index in [-0.39, 0.29) is 18.5 Å². The Morgan fingerprint density at radius 3 is 2.12 bits per heavy atom. The topological polar surface area (TPSA) is 61.3 Å². The molecular formula is C28H41FN2O3. The molecule has 34 heavy (non-hydrogen) atoms. The van der Waals surface area contributed by atoms with Crippen molar-refractivity contribution in [2.45, 2.75) is 97.6 Å². The summed E-state index contributed by atoms with van der Waals surface area (Å²) in [6.45, 7) is 6.27. The van der Waals surface area contributed by atoms with Crippen LogP contribution in [-0.4, -0.2) is 28.7 Å². The van der Waals surface area contributed by atoms with Crippen LogP contribution in [0.4, 0.5) is 4.39 Å². The first-order chi connectivity index (χ1) is 16.5. The normalized spacial score (nSPS) is 12.8. The van der Waals surface area contributed by atoms with Crippen LogP contribution >= 0.6 is 0 Å². The second-order valence-electron chi connectivity index (χ2n) is 9.05. The van der Waals surface area contributed by atoms with Crippen LogP contribution in [0.25, 0.3) is 11.4 Å². The van der Waals surface area contributed by atoms with Crippen molar-refractivity contribution in [3.8, 4) is 22.9 Å². The average molecular weight is 473 g/mol. The summed E-state index contributed by atoms with van der Waals surface area (Å²) in [6.07, 6.45) is 13.7. The minimum atomic E-state index is -0.976. The molecular weight excluding hydrogens is 431 g/mol. The third kappa shape index (κ3) is 10.6. The highest BCUT2D eigenvalue weighted by molar-refractivity contribution is 5.75. The highest BCUT2D eigenvalue weighted by Gasteiger charge is 2.15. The Kier molecular flexibility index (Phi) is 13.2. The Hall–Kier alpha value is -2.50. The number of carbonyl (C=O) groups is 1. The van der Waals surface area contributed by atoms with Gasteiger partial charge >= 0.3 is 5.97 Å². The highest BCUT2D eigenvalue weighted by Crippen LogP contribution is 2.22. The Morgan fingerprint density at radius 2 is 1.44 bits per heavy atom. The number of aromatic nitrogens is 2. The van der Waals surface area contributed by atoms with E-state index in [1.165, 1.54) is 25.7 Å². The first-order valence-corrected chi connectivity index (χ1v) is 12.9. The summed E-state index contributed by atoms with van der Waals surface area (Å²) < 4.78 is 25.1. The molecule has 188 valence electrons. The predicted molar refractivity (Wildman–Crippen MR) is 135 cm³/mol. The number of alkyl halides is 1. The molecule has 5 nitrogen and oxygen atoms in total. The maximum Gasteiger partial charge on any atom is 0.314 e. The third-order valence-electron chi connectivity index (χ3n) is 5.90. The maximum absolute atomic E-state index is 14.1. The molecule has 0 radical (unpaired) electrons. The van der Waals surface area contributed by atoms with Crippen LogP contribution in [0, 0.1) is 5.92 Å². The zero-order valence-electron chi connectivity index (χ0n) is 21.1. The van der Waals surface area contributed by atoms with E-state index in [1.807, 2.05) is 19.1 Å². The molecule has 2 atom stereocenters. The number of carbonyl (C=O) groups excluding carboxylic acids is 1. The Balaban J connectivity index is 1.75. The van der Waals surface area contributed by atoms with Gasteiger partial charge in [0.1, 0.15) is 18.5 Å². The van der Waals surface area contributed by atoms with Crippen molar-refractivity contribution in [2.75, 3.05) is 6.61 Å². The van der Waals surface area contributed by atoms with E-state index in [1.54, 1.807) is 24.5 Å². The highest BCUT2D eigenvalue weighted by atomic mass is 19.1. The van der Waals surface area contributed by atoms with Gasteiger partial charge in [0.15, 0.2) is 11.6 Å². The van der Waals surface area contributed by atoms with Gasteiger partial charge in [0, 0.05) is 5.56 Å². The fourth-order valence-electron chi connectivity index (χ4n) is 3.66. The zero-order valence-corrected chi connectivity index (χ0v) is 21.1. The number of unbranched alkanes of at least 4 members (excludes halogenated alkanes) is 7. The number of rotatable bonds is 17. The van der Waals surface area contributed by atoms with Gasteiger partial charge in [0.2, 0.25) is 0 Å². The first-order valence-electron chi connectivity index (χ1n) is 12.9. The summed E-state index contributed by atoms with van der Waals surface area (Å²) in [4.78, 5) is 20.9. The molecule has 0 N–H and O–H groups in total. The van der Waals surface area contributed by atoms with Crippen LogP contribution in [0.1, 0.15) is 91.4 Å². The quantitative estimate of drug-likeness (QED) is 0.134. The number of benzene rings is 1. The molecule has 1 aromatic heterocycles. The molecule has 0 aliphatic carbocycles. The minimum absolute atomic E-state index is 0.0224. The molecule has 0 fully saturated rings. The lowest BCUT2D eigenvalue weighted by Gasteiger charge is -2.11. The molecule has 2 unspecified atom stereocenters. The third-order valence-corrected chi connectivity index (χ3v) is 5.90. The number of esters is 1. The summed E-state index contributed by atoms with van der Waals surface area (Å²) in [6, 6.07) is 7.13. The molecule has 1 heterocycles. The SMILES string of the molecule is CCCCCCCCC(F)COc1cnc(-c2ccc(OC(=O)C(C)CCCCC)cc2)nc1. The van der Waals surface area contributed by atoms with E-state index in [4.69, 9.17) is 9.47 Å². The van der Waals surface area contributed by atoms with Gasteiger partial charge in [-0.1, -0.05) is 78.6 Å². The molecule has 2 rings (SSSR count). The lowest BCUT2D eigenvalue weighted by atomic mass is 10.0. The minimum Gasteiger partial charge on any atom is -0.487 e. The van der Waals surface area contributed by atoms with Crippen LogP contribution in [0.2, 0.25) is 0 Å². The van der Waals surface area contributed by atoms with Crippen molar-refractivity contribution >= 4 is 5.97 Å². The van der Waals surface area contributed by atoms with Crippen molar-refractivity contribution in [1.82, 2.24) is 9.97 Å². The molecule has 0 amide bonds. The van der Waals surface area contributed by atoms with E-state index in [9.17, 15) is 9.18 Å². The van der Waals surface area contributed by atoms with Crippen LogP contribution in [0.15, 0.2) is 36.7 Å². The number of hydrogen-bond donors (Lipinski definition) is 0. The van der Waals surface area contributed by atoms with Crippen molar-refractivity contribution in [3.63, 3.8) is 0 Å². The van der Waals surface area contributed by atoms with Gasteiger partial charge in [-0.05, 0) is 37.1 Å². The lowest BCUT2D eigenvalue weighted by Crippen LogP contribution is -2.17. The van der Waals surface area contributed by atoms with Gasteiger partial charge in [0.05, 0.1) is 18.3 Å². The monoisotopic (exact) mass is 472 g/mol. The summed E-state index contributed by atoms with van der Waals surface area (Å²) in [5, 5.41) is 0. The number of hydrogen-bond acceptors (Lipinski definition) is 5.